The Labute approximate surface area is 112 Å². The molecule has 19 heavy (non-hydrogen) atoms. The van der Waals surface area contributed by atoms with E-state index in [1.165, 1.54) is 12.1 Å². The summed E-state index contributed by atoms with van der Waals surface area (Å²) < 4.78 is 26.9. The summed E-state index contributed by atoms with van der Waals surface area (Å²) in [4.78, 5) is 0. The Morgan fingerprint density at radius 1 is 0.895 bits per heavy atom. The Morgan fingerprint density at radius 2 is 1.47 bits per heavy atom. The molecule has 2 aromatic carbocycles. The summed E-state index contributed by atoms with van der Waals surface area (Å²) >= 11 is 0. The Kier molecular flexibility index (Phi) is 3.67. The molecule has 0 aromatic heterocycles. The van der Waals surface area contributed by atoms with Gasteiger partial charge >= 0.3 is 0 Å². The average molecular weight is 261 g/mol. The lowest BCUT2D eigenvalue weighted by Crippen LogP contribution is -2.14. The average Bonchev–Trinajstić information content (AvgIpc) is 2.37. The maximum atomic E-state index is 13.6. The van der Waals surface area contributed by atoms with E-state index in [0.717, 1.165) is 16.7 Å². The van der Waals surface area contributed by atoms with Crippen molar-refractivity contribution in [3.63, 3.8) is 0 Å². The minimum Gasteiger partial charge on any atom is -0.320 e. The summed E-state index contributed by atoms with van der Waals surface area (Å²) in [5, 5.41) is 0. The number of hydrogen-bond donors (Lipinski definition) is 1. The molecule has 0 saturated heterocycles. The topological polar surface area (TPSA) is 26.0 Å². The largest absolute Gasteiger partial charge is 0.320 e. The first kappa shape index (κ1) is 13.7. The number of halogens is 2. The van der Waals surface area contributed by atoms with Crippen LogP contribution in [0.3, 0.4) is 0 Å². The SMILES string of the molecule is Cc1ccc(F)cc1C(N)c1cc(C)c(F)c(C)c1. The van der Waals surface area contributed by atoms with Crippen LogP contribution in [0.4, 0.5) is 8.78 Å². The van der Waals surface area contributed by atoms with Crippen molar-refractivity contribution in [2.45, 2.75) is 26.8 Å². The van der Waals surface area contributed by atoms with Crippen LogP contribution in [-0.2, 0) is 0 Å². The zero-order valence-corrected chi connectivity index (χ0v) is 11.3. The van der Waals surface area contributed by atoms with Gasteiger partial charge in [0.25, 0.3) is 0 Å². The minimum atomic E-state index is -0.450. The van der Waals surface area contributed by atoms with Crippen molar-refractivity contribution < 1.29 is 8.78 Å². The predicted octanol–water partition coefficient (Wildman–Crippen LogP) is 3.94. The molecule has 100 valence electrons. The zero-order valence-electron chi connectivity index (χ0n) is 11.3. The fraction of sp³-hybridized carbons (Fsp3) is 0.250. The summed E-state index contributed by atoms with van der Waals surface area (Å²) in [5.74, 6) is -0.529. The zero-order chi connectivity index (χ0) is 14.2. The molecule has 0 aliphatic heterocycles. The van der Waals surface area contributed by atoms with Crippen molar-refractivity contribution in [3.8, 4) is 0 Å². The quantitative estimate of drug-likeness (QED) is 0.870. The molecule has 2 aromatic rings. The van der Waals surface area contributed by atoms with Crippen molar-refractivity contribution in [1.82, 2.24) is 0 Å². The lowest BCUT2D eigenvalue weighted by molar-refractivity contribution is 0.606. The van der Waals surface area contributed by atoms with Gasteiger partial charge in [-0.05, 0) is 60.7 Å². The monoisotopic (exact) mass is 261 g/mol. The molecule has 3 heteroatoms. The Morgan fingerprint density at radius 3 is 2.05 bits per heavy atom. The van der Waals surface area contributed by atoms with Gasteiger partial charge in [-0.3, -0.25) is 0 Å². The molecule has 1 unspecified atom stereocenters. The molecule has 2 rings (SSSR count). The molecule has 0 aliphatic rings. The van der Waals surface area contributed by atoms with Crippen LogP contribution in [0.5, 0.6) is 0 Å². The number of aryl methyl sites for hydroxylation is 3. The van der Waals surface area contributed by atoms with Gasteiger partial charge in [-0.15, -0.1) is 0 Å². The van der Waals surface area contributed by atoms with Gasteiger partial charge in [-0.1, -0.05) is 18.2 Å². The Balaban J connectivity index is 2.49. The molecule has 0 bridgehead atoms. The van der Waals surface area contributed by atoms with Gasteiger partial charge in [0.15, 0.2) is 0 Å². The highest BCUT2D eigenvalue weighted by atomic mass is 19.1. The normalized spacial score (nSPS) is 12.5. The maximum absolute atomic E-state index is 13.6. The Bertz CT molecular complexity index is 597. The van der Waals surface area contributed by atoms with E-state index >= 15 is 0 Å². The lowest BCUT2D eigenvalue weighted by atomic mass is 9.93. The number of nitrogens with two attached hydrogens (primary N) is 1. The summed E-state index contributed by atoms with van der Waals surface area (Å²) in [6.07, 6.45) is 0. The molecule has 0 fully saturated rings. The van der Waals surface area contributed by atoms with Crippen molar-refractivity contribution in [2.75, 3.05) is 0 Å². The van der Waals surface area contributed by atoms with Crippen LogP contribution in [0.2, 0.25) is 0 Å². The molecule has 0 saturated carbocycles. The van der Waals surface area contributed by atoms with E-state index in [9.17, 15) is 8.78 Å². The second-order valence-corrected chi connectivity index (χ2v) is 4.95. The molecule has 1 atom stereocenters. The first-order valence-electron chi connectivity index (χ1n) is 6.18. The van der Waals surface area contributed by atoms with E-state index in [0.29, 0.717) is 11.1 Å². The fourth-order valence-corrected chi connectivity index (χ4v) is 2.28. The fourth-order valence-electron chi connectivity index (χ4n) is 2.28. The molecular formula is C16H17F2N. The molecule has 0 amide bonds. The second kappa shape index (κ2) is 5.10. The third-order valence-corrected chi connectivity index (χ3v) is 3.39. The van der Waals surface area contributed by atoms with Crippen LogP contribution in [0.15, 0.2) is 30.3 Å². The Hall–Kier alpha value is -1.74. The molecule has 0 aliphatic carbocycles. The molecule has 0 spiro atoms. The highest BCUT2D eigenvalue weighted by Crippen LogP contribution is 2.26. The first-order chi connectivity index (χ1) is 8.90. The summed E-state index contributed by atoms with van der Waals surface area (Å²) in [5.41, 5.74) is 9.74. The van der Waals surface area contributed by atoms with Gasteiger partial charge in [0.05, 0.1) is 6.04 Å². The van der Waals surface area contributed by atoms with Gasteiger partial charge in [0.1, 0.15) is 11.6 Å². The van der Waals surface area contributed by atoms with Crippen LogP contribution in [-0.4, -0.2) is 0 Å². The van der Waals surface area contributed by atoms with Crippen LogP contribution < -0.4 is 5.73 Å². The third kappa shape index (κ3) is 2.66. The van der Waals surface area contributed by atoms with Crippen LogP contribution in [0.25, 0.3) is 0 Å². The number of benzene rings is 2. The van der Waals surface area contributed by atoms with Crippen LogP contribution in [0.1, 0.15) is 33.9 Å². The molecule has 1 nitrogen and oxygen atoms in total. The standard InChI is InChI=1S/C16H17F2N/c1-9-4-5-13(17)8-14(9)16(19)12-6-10(2)15(18)11(3)7-12/h4-8,16H,19H2,1-3H3. The van der Waals surface area contributed by atoms with E-state index in [1.54, 1.807) is 32.0 Å². The molecule has 2 N–H and O–H groups in total. The summed E-state index contributed by atoms with van der Waals surface area (Å²) in [6, 6.07) is 7.54. The van der Waals surface area contributed by atoms with E-state index in [1.807, 2.05) is 6.92 Å². The number of hydrogen-bond acceptors (Lipinski definition) is 1. The van der Waals surface area contributed by atoms with Gasteiger partial charge < -0.3 is 5.73 Å². The van der Waals surface area contributed by atoms with Crippen molar-refractivity contribution >= 4 is 0 Å². The van der Waals surface area contributed by atoms with Gasteiger partial charge in [0, 0.05) is 0 Å². The second-order valence-electron chi connectivity index (χ2n) is 4.95. The van der Waals surface area contributed by atoms with Crippen molar-refractivity contribution in [3.05, 3.63) is 69.8 Å². The lowest BCUT2D eigenvalue weighted by Gasteiger charge is -2.17. The van der Waals surface area contributed by atoms with Gasteiger partial charge in [-0.25, -0.2) is 8.78 Å². The van der Waals surface area contributed by atoms with E-state index in [4.69, 9.17) is 5.73 Å². The molecule has 0 heterocycles. The van der Waals surface area contributed by atoms with Gasteiger partial charge in [-0.2, -0.15) is 0 Å². The van der Waals surface area contributed by atoms with Crippen LogP contribution in [0, 0.1) is 32.4 Å². The first-order valence-corrected chi connectivity index (χ1v) is 6.18. The van der Waals surface area contributed by atoms with Crippen molar-refractivity contribution in [2.24, 2.45) is 5.73 Å². The van der Waals surface area contributed by atoms with E-state index in [-0.39, 0.29) is 11.6 Å². The predicted molar refractivity (Wildman–Crippen MR) is 73.0 cm³/mol. The summed E-state index contributed by atoms with van der Waals surface area (Å²) in [7, 11) is 0. The summed E-state index contributed by atoms with van der Waals surface area (Å²) in [6.45, 7) is 5.30. The van der Waals surface area contributed by atoms with Gasteiger partial charge in [0.2, 0.25) is 0 Å². The van der Waals surface area contributed by atoms with Crippen LogP contribution >= 0.6 is 0 Å². The third-order valence-electron chi connectivity index (χ3n) is 3.39. The maximum Gasteiger partial charge on any atom is 0.129 e. The number of rotatable bonds is 2. The highest BCUT2D eigenvalue weighted by Gasteiger charge is 2.15. The molecular weight excluding hydrogens is 244 g/mol. The molecule has 0 radical (unpaired) electrons. The smallest absolute Gasteiger partial charge is 0.129 e. The van der Waals surface area contributed by atoms with E-state index < -0.39 is 6.04 Å². The highest BCUT2D eigenvalue weighted by molar-refractivity contribution is 5.40. The van der Waals surface area contributed by atoms with Crippen molar-refractivity contribution in [1.29, 1.82) is 0 Å². The minimum absolute atomic E-state index is 0.216. The van der Waals surface area contributed by atoms with E-state index in [2.05, 4.69) is 0 Å².